The molecule has 0 bridgehead atoms. The molecule has 0 radical (unpaired) electrons. The van der Waals surface area contributed by atoms with Crippen molar-refractivity contribution in [3.8, 4) is 68.3 Å². The molecule has 0 amide bonds. The summed E-state index contributed by atoms with van der Waals surface area (Å²) in [4.78, 5) is 31.2. The summed E-state index contributed by atoms with van der Waals surface area (Å²) in [6.07, 6.45) is 0. The summed E-state index contributed by atoms with van der Waals surface area (Å²) >= 11 is 0. The molecule has 0 fully saturated rings. The van der Waals surface area contributed by atoms with E-state index < -0.39 is 8.07 Å². The first kappa shape index (κ1) is 37.3. The molecule has 8 aromatic carbocycles. The highest BCUT2D eigenvalue weighted by Crippen LogP contribution is 2.30. The predicted molar refractivity (Wildman–Crippen MR) is 249 cm³/mol. The van der Waals surface area contributed by atoms with Gasteiger partial charge in [0.2, 0.25) is 0 Å². The summed E-state index contributed by atoms with van der Waals surface area (Å²) in [5, 5.41) is 4.84. The lowest BCUT2D eigenvalue weighted by atomic mass is 10.1. The highest BCUT2D eigenvalue weighted by Gasteiger charge is 2.43. The van der Waals surface area contributed by atoms with E-state index in [9.17, 15) is 0 Å². The van der Waals surface area contributed by atoms with Crippen LogP contribution in [0.2, 0.25) is 0 Å². The van der Waals surface area contributed by atoms with E-state index in [2.05, 4.69) is 109 Å². The van der Waals surface area contributed by atoms with Gasteiger partial charge >= 0.3 is 0 Å². The van der Waals surface area contributed by atoms with Crippen molar-refractivity contribution in [2.24, 2.45) is 0 Å². The Morgan fingerprint density at radius 3 is 0.803 bits per heavy atom. The topological polar surface area (TPSA) is 77.3 Å². The molecule has 0 atom stereocenters. The maximum atomic E-state index is 5.37. The largest absolute Gasteiger partial charge is 0.208 e. The van der Waals surface area contributed by atoms with Crippen LogP contribution in [-0.4, -0.2) is 38.0 Å². The highest BCUT2D eigenvalue weighted by molar-refractivity contribution is 7.20. The summed E-state index contributed by atoms with van der Waals surface area (Å²) in [7, 11) is -3.13. The molecule has 10 rings (SSSR count). The summed E-state index contributed by atoms with van der Waals surface area (Å²) in [6, 6.07) is 79.7. The van der Waals surface area contributed by atoms with Crippen molar-refractivity contribution in [3.63, 3.8) is 0 Å². The van der Waals surface area contributed by atoms with Crippen molar-refractivity contribution >= 4 is 28.8 Å². The van der Waals surface area contributed by atoms with Gasteiger partial charge in [-0.2, -0.15) is 0 Å². The van der Waals surface area contributed by atoms with Gasteiger partial charge in [0.1, 0.15) is 0 Å². The van der Waals surface area contributed by atoms with Gasteiger partial charge < -0.3 is 0 Å². The molecule has 288 valence electrons. The molecule has 0 spiro atoms. The maximum absolute atomic E-state index is 5.37. The van der Waals surface area contributed by atoms with Crippen LogP contribution in [0.5, 0.6) is 0 Å². The van der Waals surface area contributed by atoms with Gasteiger partial charge in [-0.3, -0.25) is 0 Å². The van der Waals surface area contributed by atoms with E-state index >= 15 is 0 Å². The molecule has 2 heterocycles. The molecule has 7 heteroatoms. The fourth-order valence-corrected chi connectivity index (χ4v) is 13.0. The number of hydrogen-bond acceptors (Lipinski definition) is 6. The van der Waals surface area contributed by atoms with Gasteiger partial charge in [-0.15, -0.1) is 0 Å². The van der Waals surface area contributed by atoms with Gasteiger partial charge in [0.25, 0.3) is 0 Å². The summed E-state index contributed by atoms with van der Waals surface area (Å²) in [6.45, 7) is 0. The van der Waals surface area contributed by atoms with Crippen molar-refractivity contribution in [2.75, 3.05) is 0 Å². The molecule has 0 unspecified atom stereocenters. The third-order valence-electron chi connectivity index (χ3n) is 10.9. The smallest absolute Gasteiger partial charge is 0.180 e. The van der Waals surface area contributed by atoms with Gasteiger partial charge in [0, 0.05) is 33.4 Å². The lowest BCUT2D eigenvalue weighted by Gasteiger charge is -2.36. The predicted octanol–water partition coefficient (Wildman–Crippen LogP) is 9.44. The molecule has 0 saturated heterocycles. The highest BCUT2D eigenvalue weighted by atomic mass is 28.3. The Morgan fingerprint density at radius 1 is 0.230 bits per heavy atom. The van der Waals surface area contributed by atoms with Gasteiger partial charge in [-0.1, -0.05) is 224 Å². The van der Waals surface area contributed by atoms with Crippen LogP contribution < -0.4 is 20.7 Å². The Balaban J connectivity index is 1.32. The zero-order valence-electron chi connectivity index (χ0n) is 33.1. The molecular formula is C54H38N6Si. The Morgan fingerprint density at radius 2 is 0.492 bits per heavy atom. The van der Waals surface area contributed by atoms with Crippen molar-refractivity contribution in [3.05, 3.63) is 231 Å². The summed E-state index contributed by atoms with van der Waals surface area (Å²) in [5.41, 5.74) is 5.30. The quantitative estimate of drug-likeness (QED) is 0.101. The second-order valence-corrected chi connectivity index (χ2v) is 18.5. The van der Waals surface area contributed by atoms with E-state index in [1.54, 1.807) is 0 Å². The zero-order chi connectivity index (χ0) is 40.9. The minimum absolute atomic E-state index is 0.549. The molecule has 2 aromatic heterocycles. The molecule has 0 saturated carbocycles. The van der Waals surface area contributed by atoms with Gasteiger partial charge in [0.05, 0.1) is 0 Å². The Labute approximate surface area is 356 Å². The van der Waals surface area contributed by atoms with Crippen LogP contribution in [0.15, 0.2) is 231 Å². The minimum atomic E-state index is -3.13. The van der Waals surface area contributed by atoms with Crippen LogP contribution >= 0.6 is 0 Å². The third-order valence-corrected chi connectivity index (χ3v) is 15.8. The number of aromatic nitrogens is 6. The molecule has 6 nitrogen and oxygen atoms in total. The Kier molecular flexibility index (Phi) is 10.2. The fourth-order valence-electron chi connectivity index (χ4n) is 8.09. The van der Waals surface area contributed by atoms with Crippen molar-refractivity contribution in [1.82, 2.24) is 29.9 Å². The van der Waals surface area contributed by atoms with Crippen LogP contribution in [-0.2, 0) is 0 Å². The molecule has 0 aliphatic heterocycles. The molecule has 0 aliphatic carbocycles. The molecule has 61 heavy (non-hydrogen) atoms. The van der Waals surface area contributed by atoms with E-state index in [0.29, 0.717) is 34.9 Å². The van der Waals surface area contributed by atoms with Gasteiger partial charge in [0.15, 0.2) is 43.0 Å². The number of hydrogen-bond donors (Lipinski definition) is 0. The van der Waals surface area contributed by atoms with Crippen LogP contribution in [0.1, 0.15) is 0 Å². The zero-order valence-corrected chi connectivity index (χ0v) is 34.1. The first-order valence-corrected chi connectivity index (χ1v) is 22.3. The summed E-state index contributed by atoms with van der Waals surface area (Å²) in [5.74, 6) is 3.47. The fraction of sp³-hybridized carbons (Fsp3) is 0. The number of benzene rings is 8. The summed E-state index contributed by atoms with van der Waals surface area (Å²) < 4.78 is 0. The lowest BCUT2D eigenvalue weighted by Crippen LogP contribution is -2.75. The lowest BCUT2D eigenvalue weighted by molar-refractivity contribution is 1.07. The van der Waals surface area contributed by atoms with E-state index in [1.165, 1.54) is 15.6 Å². The van der Waals surface area contributed by atoms with Gasteiger partial charge in [-0.05, 0) is 26.8 Å². The average molecular weight is 799 g/mol. The van der Waals surface area contributed by atoms with E-state index in [-0.39, 0.29) is 0 Å². The number of rotatable bonds is 10. The van der Waals surface area contributed by atoms with Gasteiger partial charge in [-0.25, -0.2) is 29.9 Å². The molecule has 0 aliphatic rings. The van der Waals surface area contributed by atoms with Crippen LogP contribution in [0, 0.1) is 0 Å². The Bertz CT molecular complexity index is 2830. The first-order valence-electron chi connectivity index (χ1n) is 20.3. The minimum Gasteiger partial charge on any atom is -0.208 e. The SMILES string of the molecule is c1ccc(-c2nc(-c3ccccc3)nc(-c3ccc([Si](c4ccccc4)(c4ccccc4)c4ccccc4)c(-c4nc(-c5ccccc5)nc(-c5ccccc5)n4)c3)n2)cc1. The van der Waals surface area contributed by atoms with Crippen LogP contribution in [0.4, 0.5) is 0 Å². The standard InChI is InChI=1S/C54H38N6Si/c1-8-22-39(23-9-1)49-55-50(40-24-10-2-11-25-40)58-53(57-49)43-36-37-48(61(44-30-16-5-17-31-44,45-32-18-6-19-33-45)46-34-20-7-21-35-46)47(38-43)54-59-51(41-26-12-3-13-27-41)56-52(60-54)42-28-14-4-15-29-42/h1-38H. The first-order chi connectivity index (χ1) is 30.2. The number of nitrogens with zero attached hydrogens (tertiary/aromatic N) is 6. The normalized spacial score (nSPS) is 11.3. The van der Waals surface area contributed by atoms with Crippen LogP contribution in [0.3, 0.4) is 0 Å². The maximum Gasteiger partial charge on any atom is 0.180 e. The monoisotopic (exact) mass is 798 g/mol. The second kappa shape index (κ2) is 16.7. The van der Waals surface area contributed by atoms with Crippen molar-refractivity contribution in [2.45, 2.75) is 0 Å². The molecular weight excluding hydrogens is 761 g/mol. The van der Waals surface area contributed by atoms with E-state index in [4.69, 9.17) is 29.9 Å². The third kappa shape index (κ3) is 7.35. The Hall–Kier alpha value is -8.00. The van der Waals surface area contributed by atoms with E-state index in [1.807, 2.05) is 121 Å². The average Bonchev–Trinajstić information content (AvgIpc) is 3.36. The molecule has 0 N–H and O–H groups in total. The van der Waals surface area contributed by atoms with E-state index in [0.717, 1.165) is 38.6 Å². The van der Waals surface area contributed by atoms with Crippen molar-refractivity contribution < 1.29 is 0 Å². The van der Waals surface area contributed by atoms with Crippen molar-refractivity contribution in [1.29, 1.82) is 0 Å². The second-order valence-electron chi connectivity index (χ2n) is 14.7. The van der Waals surface area contributed by atoms with Crippen LogP contribution in [0.25, 0.3) is 68.3 Å². The molecule has 10 aromatic rings.